The molecule has 1 saturated heterocycles. The van der Waals surface area contributed by atoms with E-state index < -0.39 is 0 Å². The summed E-state index contributed by atoms with van der Waals surface area (Å²) < 4.78 is 1.63. The Morgan fingerprint density at radius 3 is 2.32 bits per heavy atom. The van der Waals surface area contributed by atoms with Crippen LogP contribution in [0.5, 0.6) is 0 Å². The second-order valence-corrected chi connectivity index (χ2v) is 8.28. The third-order valence-corrected chi connectivity index (χ3v) is 6.75. The van der Waals surface area contributed by atoms with Crippen molar-refractivity contribution in [1.29, 1.82) is 0 Å². The molecule has 5 nitrogen and oxygen atoms in total. The van der Waals surface area contributed by atoms with Crippen LogP contribution in [0.1, 0.15) is 38.5 Å². The Bertz CT molecular complexity index is 817. The number of halogens is 1. The molecule has 2 heterocycles. The number of rotatable bonds is 2. The maximum atomic E-state index is 12.9. The highest BCUT2D eigenvalue weighted by molar-refractivity contribution is 14.1. The summed E-state index contributed by atoms with van der Waals surface area (Å²) in [6, 6.07) is 9.54. The van der Waals surface area contributed by atoms with E-state index in [1.54, 1.807) is 2.78 Å². The van der Waals surface area contributed by atoms with Crippen LogP contribution in [-0.2, 0) is 0 Å². The lowest BCUT2D eigenvalue weighted by Gasteiger charge is -2.40. The second kappa shape index (κ2) is 6.63. The van der Waals surface area contributed by atoms with Crippen molar-refractivity contribution < 1.29 is 0 Å². The van der Waals surface area contributed by atoms with E-state index in [-0.39, 0.29) is 5.56 Å². The second-order valence-electron chi connectivity index (χ2n) is 7.32. The molecule has 0 atom stereocenters. The van der Waals surface area contributed by atoms with Gasteiger partial charge in [0, 0.05) is 13.1 Å². The van der Waals surface area contributed by atoms with Crippen molar-refractivity contribution in [3.05, 3.63) is 40.7 Å². The zero-order valence-corrected chi connectivity index (χ0v) is 16.4. The average molecular weight is 450 g/mol. The molecule has 0 radical (unpaired) electrons. The maximum absolute atomic E-state index is 12.9. The van der Waals surface area contributed by atoms with Crippen LogP contribution in [0.3, 0.4) is 0 Å². The first-order chi connectivity index (χ1) is 12.1. The van der Waals surface area contributed by atoms with E-state index in [1.807, 2.05) is 30.3 Å². The predicted octanol–water partition coefficient (Wildman–Crippen LogP) is 3.85. The molecule has 1 aliphatic carbocycles. The van der Waals surface area contributed by atoms with Gasteiger partial charge in [-0.1, -0.05) is 43.2 Å². The Morgan fingerprint density at radius 1 is 1.04 bits per heavy atom. The Hall–Kier alpha value is -1.57. The molecule has 4 rings (SSSR count). The summed E-state index contributed by atoms with van der Waals surface area (Å²) in [7, 11) is 0. The molecule has 2 fully saturated rings. The van der Waals surface area contributed by atoms with Crippen molar-refractivity contribution in [1.82, 2.24) is 7.76 Å². The van der Waals surface area contributed by atoms with Crippen LogP contribution in [0.2, 0.25) is 0 Å². The maximum Gasteiger partial charge on any atom is 0.273 e. The van der Waals surface area contributed by atoms with Crippen LogP contribution in [0.15, 0.2) is 35.1 Å². The zero-order chi connectivity index (χ0) is 17.4. The van der Waals surface area contributed by atoms with E-state index in [1.165, 1.54) is 38.5 Å². The van der Waals surface area contributed by atoms with Crippen LogP contribution < -0.4 is 16.2 Å². The number of piperidine rings is 1. The predicted molar refractivity (Wildman–Crippen MR) is 110 cm³/mol. The number of nitrogens with two attached hydrogens (primary N) is 1. The molecule has 2 N–H and O–H groups in total. The van der Waals surface area contributed by atoms with Crippen molar-refractivity contribution >= 4 is 34.6 Å². The number of hydrogen-bond donors (Lipinski definition) is 1. The first kappa shape index (κ1) is 16.9. The molecule has 0 amide bonds. The van der Waals surface area contributed by atoms with Crippen LogP contribution in [0.25, 0.3) is 11.1 Å². The molecule has 2 aromatic rings. The minimum absolute atomic E-state index is 0.0875. The number of aromatic nitrogens is 2. The number of hydrogen-bond acceptors (Lipinski definition) is 4. The molecule has 6 heteroatoms. The quantitative estimate of drug-likeness (QED) is 0.707. The highest BCUT2D eigenvalue weighted by Gasteiger charge is 2.37. The largest absolute Gasteiger partial charge is 0.383 e. The first-order valence-electron chi connectivity index (χ1n) is 8.99. The Labute approximate surface area is 161 Å². The topological polar surface area (TPSA) is 64.2 Å². The smallest absolute Gasteiger partial charge is 0.273 e. The van der Waals surface area contributed by atoms with Gasteiger partial charge in [0.1, 0.15) is 5.82 Å². The van der Waals surface area contributed by atoms with Crippen molar-refractivity contribution in [2.75, 3.05) is 23.7 Å². The van der Waals surface area contributed by atoms with Gasteiger partial charge in [-0.05, 0) is 36.7 Å². The zero-order valence-electron chi connectivity index (χ0n) is 14.2. The molecule has 1 aromatic carbocycles. The lowest BCUT2D eigenvalue weighted by molar-refractivity contribution is 0.225. The van der Waals surface area contributed by atoms with Crippen molar-refractivity contribution in [3.63, 3.8) is 0 Å². The van der Waals surface area contributed by atoms with Gasteiger partial charge in [-0.2, -0.15) is 4.98 Å². The summed E-state index contributed by atoms with van der Waals surface area (Å²) in [5, 5.41) is 0. The highest BCUT2D eigenvalue weighted by Crippen LogP contribution is 2.46. The molecule has 132 valence electrons. The van der Waals surface area contributed by atoms with E-state index in [4.69, 9.17) is 5.73 Å². The highest BCUT2D eigenvalue weighted by atomic mass is 127. The Morgan fingerprint density at radius 2 is 1.68 bits per heavy atom. The number of nitrogens with zero attached hydrogens (tertiary/aromatic N) is 3. The molecule has 1 spiro atoms. The standard InChI is InChI=1S/C19H23IN4O/c20-24-17(25)15(14-6-2-1-3-7-14)16(21)22-18(24)23-12-10-19(11-13-23)8-4-5-9-19/h1-3,6-7H,4-5,8-13,21H2. The fourth-order valence-corrected chi connectivity index (χ4v) is 5.04. The van der Waals surface area contributed by atoms with Crippen molar-refractivity contribution in [2.24, 2.45) is 5.41 Å². The molecule has 1 aliphatic heterocycles. The van der Waals surface area contributed by atoms with Gasteiger partial charge in [0.05, 0.1) is 28.4 Å². The molecule has 1 aromatic heterocycles. The number of benzene rings is 1. The summed E-state index contributed by atoms with van der Waals surface area (Å²) in [6.07, 6.45) is 7.85. The molecule has 1 saturated carbocycles. The van der Waals surface area contributed by atoms with Gasteiger partial charge in [-0.25, -0.2) is 2.78 Å². The normalized spacial score (nSPS) is 19.5. The van der Waals surface area contributed by atoms with Gasteiger partial charge in [-0.3, -0.25) is 4.79 Å². The Kier molecular flexibility index (Phi) is 4.47. The summed E-state index contributed by atoms with van der Waals surface area (Å²) in [4.78, 5) is 19.7. The van der Waals surface area contributed by atoms with Crippen molar-refractivity contribution in [3.8, 4) is 11.1 Å². The average Bonchev–Trinajstić information content (AvgIpc) is 3.08. The molecular formula is C19H23IN4O. The van der Waals surface area contributed by atoms with E-state index in [0.717, 1.165) is 18.7 Å². The molecular weight excluding hydrogens is 427 g/mol. The van der Waals surface area contributed by atoms with Crippen LogP contribution in [0, 0.1) is 5.41 Å². The summed E-state index contributed by atoms with van der Waals surface area (Å²) in [5.41, 5.74) is 7.95. The SMILES string of the molecule is Nc1nc(N2CCC3(CCCC3)CC2)n(I)c(=O)c1-c1ccccc1. The monoisotopic (exact) mass is 450 g/mol. The van der Waals surface area contributed by atoms with Crippen LogP contribution >= 0.6 is 22.9 Å². The van der Waals surface area contributed by atoms with Gasteiger partial charge < -0.3 is 10.6 Å². The number of nitrogen functional groups attached to an aromatic ring is 1. The molecule has 25 heavy (non-hydrogen) atoms. The van der Waals surface area contributed by atoms with Gasteiger partial charge in [0.15, 0.2) is 0 Å². The summed E-state index contributed by atoms with van der Waals surface area (Å²) in [5.74, 6) is 1.01. The van der Waals surface area contributed by atoms with Crippen LogP contribution in [0.4, 0.5) is 11.8 Å². The molecule has 0 unspecified atom stereocenters. The van der Waals surface area contributed by atoms with E-state index in [0.29, 0.717) is 22.7 Å². The van der Waals surface area contributed by atoms with Crippen LogP contribution in [-0.4, -0.2) is 20.9 Å². The lowest BCUT2D eigenvalue weighted by Crippen LogP contribution is -2.41. The third kappa shape index (κ3) is 3.05. The third-order valence-electron chi connectivity index (χ3n) is 5.88. The van der Waals surface area contributed by atoms with Gasteiger partial charge in [-0.15, -0.1) is 0 Å². The molecule has 2 aliphatic rings. The van der Waals surface area contributed by atoms with E-state index in [9.17, 15) is 4.79 Å². The first-order valence-corrected chi connectivity index (χ1v) is 9.95. The molecule has 0 bridgehead atoms. The van der Waals surface area contributed by atoms with E-state index in [2.05, 4.69) is 32.7 Å². The number of anilines is 2. The lowest BCUT2D eigenvalue weighted by atomic mass is 9.77. The van der Waals surface area contributed by atoms with Gasteiger partial charge in [0.2, 0.25) is 5.95 Å². The summed E-state index contributed by atoms with van der Waals surface area (Å²) in [6.45, 7) is 1.92. The minimum atomic E-state index is -0.0875. The minimum Gasteiger partial charge on any atom is -0.383 e. The fraction of sp³-hybridized carbons (Fsp3) is 0.474. The Balaban J connectivity index is 1.65. The van der Waals surface area contributed by atoms with Gasteiger partial charge in [0.25, 0.3) is 5.56 Å². The van der Waals surface area contributed by atoms with Crippen molar-refractivity contribution in [2.45, 2.75) is 38.5 Å². The summed E-state index contributed by atoms with van der Waals surface area (Å²) >= 11 is 2.06. The van der Waals surface area contributed by atoms with E-state index >= 15 is 0 Å². The van der Waals surface area contributed by atoms with Gasteiger partial charge >= 0.3 is 0 Å². The fourth-order valence-electron chi connectivity index (χ4n) is 4.38.